The van der Waals surface area contributed by atoms with Gasteiger partial charge >= 0.3 is 0 Å². The quantitative estimate of drug-likeness (QED) is 0.890. The van der Waals surface area contributed by atoms with Crippen molar-refractivity contribution < 1.29 is 0 Å². The Morgan fingerprint density at radius 3 is 2.61 bits per heavy atom. The largest absolute Gasteiger partial charge is 0.330 e. The minimum Gasteiger partial charge on any atom is -0.330 e. The molecular formula is C19H22ClN3. The van der Waals surface area contributed by atoms with Gasteiger partial charge in [0.25, 0.3) is 0 Å². The van der Waals surface area contributed by atoms with Crippen LogP contribution in [0.15, 0.2) is 47.6 Å². The molecule has 3 rings (SSSR count). The molecular weight excluding hydrogens is 306 g/mol. The van der Waals surface area contributed by atoms with E-state index in [1.807, 2.05) is 12.1 Å². The summed E-state index contributed by atoms with van der Waals surface area (Å²) in [4.78, 5) is 0. The van der Waals surface area contributed by atoms with Gasteiger partial charge in [-0.3, -0.25) is 5.01 Å². The second-order valence-electron chi connectivity index (χ2n) is 6.11. The van der Waals surface area contributed by atoms with E-state index in [2.05, 4.69) is 49.2 Å². The van der Waals surface area contributed by atoms with Crippen LogP contribution in [0.25, 0.3) is 0 Å². The number of hydrazone groups is 1. The van der Waals surface area contributed by atoms with Crippen LogP contribution in [0.3, 0.4) is 0 Å². The van der Waals surface area contributed by atoms with Gasteiger partial charge in [-0.25, -0.2) is 0 Å². The summed E-state index contributed by atoms with van der Waals surface area (Å²) in [5.74, 6) is 0. The lowest BCUT2D eigenvalue weighted by Crippen LogP contribution is -2.19. The van der Waals surface area contributed by atoms with Gasteiger partial charge in [0.15, 0.2) is 0 Å². The Balaban J connectivity index is 2.01. The summed E-state index contributed by atoms with van der Waals surface area (Å²) in [6, 6.07) is 14.8. The van der Waals surface area contributed by atoms with Gasteiger partial charge < -0.3 is 5.73 Å². The third-order valence-corrected chi connectivity index (χ3v) is 4.52. The molecule has 1 atom stereocenters. The fourth-order valence-corrected chi connectivity index (χ4v) is 3.15. The predicted molar refractivity (Wildman–Crippen MR) is 98.3 cm³/mol. The number of nitrogens with two attached hydrogens (primary N) is 1. The first-order chi connectivity index (χ1) is 11.1. The molecule has 2 aromatic rings. The standard InChI is InChI=1S/C19H22ClN3/c1-13-3-4-14(2)18(11-13)23-19(12-17(22-23)9-10-21)15-5-7-16(20)8-6-15/h3-8,11,19H,9-10,12,21H2,1-2H3. The van der Waals surface area contributed by atoms with E-state index in [1.165, 1.54) is 16.7 Å². The Bertz CT molecular complexity index is 722. The summed E-state index contributed by atoms with van der Waals surface area (Å²) in [5.41, 5.74) is 11.8. The van der Waals surface area contributed by atoms with E-state index in [-0.39, 0.29) is 6.04 Å². The zero-order chi connectivity index (χ0) is 16.4. The number of hydrogen-bond acceptors (Lipinski definition) is 3. The number of halogens is 1. The van der Waals surface area contributed by atoms with Gasteiger partial charge in [0.2, 0.25) is 0 Å². The van der Waals surface area contributed by atoms with Crippen LogP contribution in [0.1, 0.15) is 35.6 Å². The predicted octanol–water partition coefficient (Wildman–Crippen LogP) is 4.61. The Labute approximate surface area is 142 Å². The molecule has 0 spiro atoms. The zero-order valence-corrected chi connectivity index (χ0v) is 14.3. The van der Waals surface area contributed by atoms with Crippen LogP contribution >= 0.6 is 11.6 Å². The second kappa shape index (κ2) is 6.73. The van der Waals surface area contributed by atoms with Crippen molar-refractivity contribution >= 4 is 23.0 Å². The average molecular weight is 328 g/mol. The highest BCUT2D eigenvalue weighted by atomic mass is 35.5. The molecule has 1 aliphatic heterocycles. The van der Waals surface area contributed by atoms with Gasteiger partial charge in [0.1, 0.15) is 0 Å². The molecule has 0 amide bonds. The first-order valence-corrected chi connectivity index (χ1v) is 8.34. The van der Waals surface area contributed by atoms with Crippen LogP contribution in [-0.4, -0.2) is 12.3 Å². The maximum absolute atomic E-state index is 6.04. The van der Waals surface area contributed by atoms with E-state index in [0.29, 0.717) is 6.54 Å². The number of benzene rings is 2. The SMILES string of the molecule is Cc1ccc(C)c(N2N=C(CCN)CC2c2ccc(Cl)cc2)c1. The Hall–Kier alpha value is -1.84. The first-order valence-electron chi connectivity index (χ1n) is 7.97. The molecule has 0 saturated carbocycles. The van der Waals surface area contributed by atoms with Gasteiger partial charge in [0.05, 0.1) is 11.7 Å². The maximum atomic E-state index is 6.04. The molecule has 0 bridgehead atoms. The monoisotopic (exact) mass is 327 g/mol. The fourth-order valence-electron chi connectivity index (χ4n) is 3.02. The maximum Gasteiger partial charge on any atom is 0.0828 e. The topological polar surface area (TPSA) is 41.6 Å². The van der Waals surface area contributed by atoms with E-state index in [1.54, 1.807) is 0 Å². The van der Waals surface area contributed by atoms with Gasteiger partial charge in [-0.1, -0.05) is 35.9 Å². The van der Waals surface area contributed by atoms with E-state index in [4.69, 9.17) is 22.4 Å². The summed E-state index contributed by atoms with van der Waals surface area (Å²) in [5, 5.41) is 7.77. The summed E-state index contributed by atoms with van der Waals surface area (Å²) in [6.45, 7) is 4.87. The van der Waals surface area contributed by atoms with Crippen molar-refractivity contribution in [3.05, 3.63) is 64.2 Å². The van der Waals surface area contributed by atoms with Crippen molar-refractivity contribution in [2.45, 2.75) is 32.7 Å². The molecule has 2 N–H and O–H groups in total. The van der Waals surface area contributed by atoms with Gasteiger partial charge in [-0.15, -0.1) is 0 Å². The minimum absolute atomic E-state index is 0.203. The fraction of sp³-hybridized carbons (Fsp3) is 0.316. The number of hydrogen-bond donors (Lipinski definition) is 1. The Morgan fingerprint density at radius 2 is 1.91 bits per heavy atom. The molecule has 3 nitrogen and oxygen atoms in total. The van der Waals surface area contributed by atoms with Crippen molar-refractivity contribution in [3.8, 4) is 0 Å². The molecule has 1 heterocycles. The van der Waals surface area contributed by atoms with Crippen molar-refractivity contribution in [2.75, 3.05) is 11.6 Å². The molecule has 23 heavy (non-hydrogen) atoms. The molecule has 0 radical (unpaired) electrons. The Kier molecular flexibility index (Phi) is 4.69. The van der Waals surface area contributed by atoms with Crippen molar-refractivity contribution in [2.24, 2.45) is 10.8 Å². The molecule has 1 aliphatic rings. The normalized spacial score (nSPS) is 17.5. The number of anilines is 1. The zero-order valence-electron chi connectivity index (χ0n) is 13.6. The summed E-state index contributed by atoms with van der Waals surface area (Å²) in [7, 11) is 0. The Morgan fingerprint density at radius 1 is 1.17 bits per heavy atom. The molecule has 1 unspecified atom stereocenters. The van der Waals surface area contributed by atoms with Gasteiger partial charge in [-0.05, 0) is 61.7 Å². The molecule has 4 heteroatoms. The highest BCUT2D eigenvalue weighted by molar-refractivity contribution is 6.30. The molecule has 0 saturated heterocycles. The number of nitrogens with zero attached hydrogens (tertiary/aromatic N) is 2. The molecule has 120 valence electrons. The lowest BCUT2D eigenvalue weighted by molar-refractivity contribution is 0.705. The second-order valence-corrected chi connectivity index (χ2v) is 6.55. The molecule has 0 aliphatic carbocycles. The highest BCUT2D eigenvalue weighted by Crippen LogP contribution is 2.37. The van der Waals surface area contributed by atoms with Crippen molar-refractivity contribution in [1.29, 1.82) is 0 Å². The molecule has 0 aromatic heterocycles. The van der Waals surface area contributed by atoms with Crippen LogP contribution in [0.5, 0.6) is 0 Å². The average Bonchev–Trinajstić information content (AvgIpc) is 2.94. The smallest absolute Gasteiger partial charge is 0.0828 e. The van der Waals surface area contributed by atoms with Crippen LogP contribution in [0.2, 0.25) is 5.02 Å². The van der Waals surface area contributed by atoms with E-state index >= 15 is 0 Å². The summed E-state index contributed by atoms with van der Waals surface area (Å²) >= 11 is 6.04. The minimum atomic E-state index is 0.203. The van der Waals surface area contributed by atoms with Crippen LogP contribution < -0.4 is 10.7 Å². The summed E-state index contributed by atoms with van der Waals surface area (Å²) < 4.78 is 0. The van der Waals surface area contributed by atoms with E-state index < -0.39 is 0 Å². The molecule has 0 fully saturated rings. The lowest BCUT2D eigenvalue weighted by Gasteiger charge is -2.26. The number of aryl methyl sites for hydroxylation is 2. The van der Waals surface area contributed by atoms with Gasteiger partial charge in [-0.2, -0.15) is 5.10 Å². The van der Waals surface area contributed by atoms with Crippen LogP contribution in [-0.2, 0) is 0 Å². The van der Waals surface area contributed by atoms with E-state index in [0.717, 1.165) is 29.3 Å². The first kappa shape index (κ1) is 16.0. The number of rotatable bonds is 4. The lowest BCUT2D eigenvalue weighted by atomic mass is 9.99. The van der Waals surface area contributed by atoms with Crippen molar-refractivity contribution in [1.82, 2.24) is 0 Å². The van der Waals surface area contributed by atoms with Crippen LogP contribution in [0, 0.1) is 13.8 Å². The van der Waals surface area contributed by atoms with E-state index in [9.17, 15) is 0 Å². The molecule has 2 aromatic carbocycles. The van der Waals surface area contributed by atoms with Crippen molar-refractivity contribution in [3.63, 3.8) is 0 Å². The van der Waals surface area contributed by atoms with Crippen LogP contribution in [0.4, 0.5) is 5.69 Å². The third-order valence-electron chi connectivity index (χ3n) is 4.27. The van der Waals surface area contributed by atoms with Gasteiger partial charge in [0, 0.05) is 17.2 Å². The summed E-state index contributed by atoms with van der Waals surface area (Å²) in [6.07, 6.45) is 1.75. The third kappa shape index (κ3) is 3.41. The highest BCUT2D eigenvalue weighted by Gasteiger charge is 2.29.